The van der Waals surface area contributed by atoms with Crippen molar-refractivity contribution in [2.75, 3.05) is 6.54 Å². The zero-order valence-corrected chi connectivity index (χ0v) is 12.0. The van der Waals surface area contributed by atoms with E-state index in [9.17, 15) is 4.79 Å². The zero-order chi connectivity index (χ0) is 13.1. The highest BCUT2D eigenvalue weighted by Crippen LogP contribution is 2.21. The number of hydrogen-bond acceptors (Lipinski definition) is 3. The molecule has 0 unspecified atom stereocenters. The minimum absolute atomic E-state index is 0.0971. The van der Waals surface area contributed by atoms with E-state index in [4.69, 9.17) is 17.3 Å². The maximum atomic E-state index is 11.7. The van der Waals surface area contributed by atoms with Gasteiger partial charge in [-0.2, -0.15) is 0 Å². The van der Waals surface area contributed by atoms with E-state index in [1.54, 1.807) is 0 Å². The summed E-state index contributed by atoms with van der Waals surface area (Å²) >= 11 is 7.36. The van der Waals surface area contributed by atoms with Crippen LogP contribution in [0.2, 0.25) is 4.34 Å². The van der Waals surface area contributed by atoms with Gasteiger partial charge >= 0.3 is 0 Å². The third-order valence-corrected chi connectivity index (χ3v) is 3.81. The predicted octanol–water partition coefficient (Wildman–Crippen LogP) is 2.43. The number of carbonyl (C=O) groups is 1. The molecule has 1 rings (SSSR count). The summed E-state index contributed by atoms with van der Waals surface area (Å²) in [5, 5.41) is 2.85. The second-order valence-electron chi connectivity index (χ2n) is 5.09. The van der Waals surface area contributed by atoms with Crippen molar-refractivity contribution in [3.63, 3.8) is 0 Å². The molecule has 0 aliphatic rings. The van der Waals surface area contributed by atoms with Crippen LogP contribution in [-0.4, -0.2) is 18.5 Å². The third-order valence-electron chi connectivity index (χ3n) is 2.51. The average molecular weight is 275 g/mol. The molecular weight excluding hydrogens is 256 g/mol. The summed E-state index contributed by atoms with van der Waals surface area (Å²) in [7, 11) is 0. The normalized spacial score (nSPS) is 13.5. The van der Waals surface area contributed by atoms with Gasteiger partial charge in [0.2, 0.25) is 5.91 Å². The van der Waals surface area contributed by atoms with E-state index in [0.717, 1.165) is 10.8 Å². The molecule has 0 radical (unpaired) electrons. The molecule has 0 saturated heterocycles. The molecule has 96 valence electrons. The molecule has 3 N–H and O–H groups in total. The lowest BCUT2D eigenvalue weighted by Crippen LogP contribution is -2.48. The standard InChI is InChI=1S/C12H19ClN2OS/c1-12(2,3)10(14)11(16)15-7-6-8-4-5-9(13)17-8/h4-5,10H,6-7,14H2,1-3H3,(H,15,16)/t10-/m1/s1. The summed E-state index contributed by atoms with van der Waals surface area (Å²) in [6.07, 6.45) is 0.792. The van der Waals surface area contributed by atoms with Crippen molar-refractivity contribution in [2.45, 2.75) is 33.2 Å². The first-order chi connectivity index (χ1) is 7.80. The van der Waals surface area contributed by atoms with E-state index in [2.05, 4.69) is 5.32 Å². The van der Waals surface area contributed by atoms with Gasteiger partial charge in [0.15, 0.2) is 0 Å². The van der Waals surface area contributed by atoms with Gasteiger partial charge in [-0.15, -0.1) is 11.3 Å². The Kier molecular flexibility index (Phi) is 4.98. The van der Waals surface area contributed by atoms with Gasteiger partial charge in [0.05, 0.1) is 10.4 Å². The second-order valence-corrected chi connectivity index (χ2v) is 6.89. The van der Waals surface area contributed by atoms with Crippen molar-refractivity contribution >= 4 is 28.8 Å². The lowest BCUT2D eigenvalue weighted by atomic mass is 9.87. The van der Waals surface area contributed by atoms with Crippen LogP contribution in [0.4, 0.5) is 0 Å². The van der Waals surface area contributed by atoms with Gasteiger partial charge in [0, 0.05) is 11.4 Å². The highest BCUT2D eigenvalue weighted by Gasteiger charge is 2.26. The van der Waals surface area contributed by atoms with Gasteiger partial charge < -0.3 is 11.1 Å². The minimum Gasteiger partial charge on any atom is -0.354 e. The Morgan fingerprint density at radius 1 is 1.53 bits per heavy atom. The van der Waals surface area contributed by atoms with Crippen LogP contribution in [0.25, 0.3) is 0 Å². The number of hydrogen-bond donors (Lipinski definition) is 2. The lowest BCUT2D eigenvalue weighted by molar-refractivity contribution is -0.124. The molecule has 0 aliphatic heterocycles. The molecule has 5 heteroatoms. The Hall–Kier alpha value is -0.580. The van der Waals surface area contributed by atoms with Crippen LogP contribution in [0, 0.1) is 5.41 Å². The summed E-state index contributed by atoms with van der Waals surface area (Å²) in [5.74, 6) is -0.0971. The first-order valence-corrected chi connectivity index (χ1v) is 6.77. The Morgan fingerprint density at radius 2 is 2.18 bits per heavy atom. The van der Waals surface area contributed by atoms with E-state index in [1.807, 2.05) is 32.9 Å². The van der Waals surface area contributed by atoms with Gasteiger partial charge in [-0.3, -0.25) is 4.79 Å². The highest BCUT2D eigenvalue weighted by molar-refractivity contribution is 7.16. The Bertz CT molecular complexity index is 384. The van der Waals surface area contributed by atoms with Crippen molar-refractivity contribution in [2.24, 2.45) is 11.1 Å². The zero-order valence-electron chi connectivity index (χ0n) is 10.4. The monoisotopic (exact) mass is 274 g/mol. The molecule has 0 fully saturated rings. The SMILES string of the molecule is CC(C)(C)[C@H](N)C(=O)NCCc1ccc(Cl)s1. The highest BCUT2D eigenvalue weighted by atomic mass is 35.5. The van der Waals surface area contributed by atoms with Crippen molar-refractivity contribution in [3.05, 3.63) is 21.3 Å². The average Bonchev–Trinajstić information content (AvgIpc) is 2.61. The van der Waals surface area contributed by atoms with E-state index in [0.29, 0.717) is 6.54 Å². The smallest absolute Gasteiger partial charge is 0.237 e. The predicted molar refractivity (Wildman–Crippen MR) is 73.5 cm³/mol. The number of thiophene rings is 1. The van der Waals surface area contributed by atoms with E-state index < -0.39 is 6.04 Å². The largest absolute Gasteiger partial charge is 0.354 e. The summed E-state index contributed by atoms with van der Waals surface area (Å²) in [5.41, 5.74) is 5.64. The number of nitrogens with two attached hydrogens (primary N) is 1. The van der Waals surface area contributed by atoms with Crippen LogP contribution in [0.15, 0.2) is 12.1 Å². The van der Waals surface area contributed by atoms with Crippen molar-refractivity contribution < 1.29 is 4.79 Å². The fraction of sp³-hybridized carbons (Fsp3) is 0.583. The Morgan fingerprint density at radius 3 is 2.65 bits per heavy atom. The topological polar surface area (TPSA) is 55.1 Å². The summed E-state index contributed by atoms with van der Waals surface area (Å²) in [4.78, 5) is 12.9. The fourth-order valence-electron chi connectivity index (χ4n) is 1.30. The third kappa shape index (κ3) is 4.66. The molecule has 1 amide bonds. The van der Waals surface area contributed by atoms with Gasteiger partial charge in [-0.05, 0) is 24.0 Å². The quantitative estimate of drug-likeness (QED) is 0.886. The van der Waals surface area contributed by atoms with Crippen molar-refractivity contribution in [3.8, 4) is 0 Å². The molecule has 3 nitrogen and oxygen atoms in total. The van der Waals surface area contributed by atoms with Gasteiger partial charge in [-0.25, -0.2) is 0 Å². The molecular formula is C12H19ClN2OS. The van der Waals surface area contributed by atoms with Crippen molar-refractivity contribution in [1.29, 1.82) is 0 Å². The van der Waals surface area contributed by atoms with E-state index >= 15 is 0 Å². The number of halogens is 1. The van der Waals surface area contributed by atoms with Crippen LogP contribution in [0.5, 0.6) is 0 Å². The summed E-state index contributed by atoms with van der Waals surface area (Å²) in [6.45, 7) is 6.46. The summed E-state index contributed by atoms with van der Waals surface area (Å²) in [6, 6.07) is 3.36. The van der Waals surface area contributed by atoms with Crippen LogP contribution in [0.3, 0.4) is 0 Å². The number of amides is 1. The van der Waals surface area contributed by atoms with Gasteiger partial charge in [-0.1, -0.05) is 32.4 Å². The fourth-order valence-corrected chi connectivity index (χ4v) is 2.39. The van der Waals surface area contributed by atoms with Crippen LogP contribution in [-0.2, 0) is 11.2 Å². The number of rotatable bonds is 4. The van der Waals surface area contributed by atoms with E-state index in [1.165, 1.54) is 16.2 Å². The molecule has 0 bridgehead atoms. The molecule has 1 atom stereocenters. The first kappa shape index (κ1) is 14.5. The Balaban J connectivity index is 2.34. The first-order valence-electron chi connectivity index (χ1n) is 5.58. The maximum Gasteiger partial charge on any atom is 0.237 e. The molecule has 0 aliphatic carbocycles. The van der Waals surface area contributed by atoms with Gasteiger partial charge in [0.1, 0.15) is 0 Å². The molecule has 1 aromatic heterocycles. The second kappa shape index (κ2) is 5.85. The van der Waals surface area contributed by atoms with Crippen LogP contribution < -0.4 is 11.1 Å². The van der Waals surface area contributed by atoms with Gasteiger partial charge in [0.25, 0.3) is 0 Å². The number of nitrogens with one attached hydrogen (secondary N) is 1. The Labute approximate surface area is 111 Å². The maximum absolute atomic E-state index is 11.7. The van der Waals surface area contributed by atoms with E-state index in [-0.39, 0.29) is 11.3 Å². The molecule has 1 aromatic rings. The number of carbonyl (C=O) groups excluding carboxylic acids is 1. The van der Waals surface area contributed by atoms with Crippen molar-refractivity contribution in [1.82, 2.24) is 5.32 Å². The molecule has 17 heavy (non-hydrogen) atoms. The van der Waals surface area contributed by atoms with Crippen LogP contribution in [0.1, 0.15) is 25.6 Å². The minimum atomic E-state index is -0.477. The molecule has 0 aromatic carbocycles. The molecule has 0 saturated carbocycles. The molecule has 1 heterocycles. The lowest BCUT2D eigenvalue weighted by Gasteiger charge is -2.25. The van der Waals surface area contributed by atoms with Crippen LogP contribution >= 0.6 is 22.9 Å². The summed E-state index contributed by atoms with van der Waals surface area (Å²) < 4.78 is 0.776. The molecule has 0 spiro atoms.